The van der Waals surface area contributed by atoms with Crippen molar-refractivity contribution in [3.8, 4) is 11.1 Å². The Hall–Kier alpha value is -4.20. The van der Waals surface area contributed by atoms with E-state index in [1.165, 1.54) is 18.5 Å². The largest absolute Gasteiger partial charge is 0.458 e. The van der Waals surface area contributed by atoms with Crippen molar-refractivity contribution in [2.45, 2.75) is 19.4 Å². The third-order valence-corrected chi connectivity index (χ3v) is 5.20. The lowest BCUT2D eigenvalue weighted by atomic mass is 9.97. The summed E-state index contributed by atoms with van der Waals surface area (Å²) >= 11 is 0. The molecule has 0 saturated heterocycles. The maximum atomic E-state index is 14.0. The van der Waals surface area contributed by atoms with Crippen LogP contribution in [0.25, 0.3) is 33.3 Å². The minimum absolute atomic E-state index is 0.211. The van der Waals surface area contributed by atoms with Crippen molar-refractivity contribution in [1.29, 1.82) is 0 Å². The molecular formula is C23H20FN5O6S. The van der Waals surface area contributed by atoms with Crippen molar-refractivity contribution < 1.29 is 26.3 Å². The monoisotopic (exact) mass is 513 g/mol. The molecule has 4 N–H and O–H groups in total. The molecule has 1 atom stereocenters. The fourth-order valence-electron chi connectivity index (χ4n) is 3.71. The van der Waals surface area contributed by atoms with Gasteiger partial charge in [0.05, 0.1) is 23.3 Å². The molecule has 0 aliphatic rings. The molecule has 186 valence electrons. The van der Waals surface area contributed by atoms with Gasteiger partial charge in [-0.15, -0.1) is 0 Å². The number of aromatic nitrogens is 4. The van der Waals surface area contributed by atoms with Gasteiger partial charge < -0.3 is 14.7 Å². The van der Waals surface area contributed by atoms with Crippen LogP contribution in [0.5, 0.6) is 0 Å². The second-order valence-corrected chi connectivity index (χ2v) is 8.45. The lowest BCUT2D eigenvalue weighted by molar-refractivity contribution is 0.381. The van der Waals surface area contributed by atoms with E-state index in [-0.39, 0.29) is 5.43 Å². The number of nitrogens with one attached hydrogen (secondary N) is 2. The fourth-order valence-corrected chi connectivity index (χ4v) is 3.71. The molecule has 11 nitrogen and oxygen atoms in total. The molecule has 3 aromatic heterocycles. The van der Waals surface area contributed by atoms with Crippen LogP contribution in [0.15, 0.2) is 70.4 Å². The Kier molecular flexibility index (Phi) is 7.05. The molecule has 0 spiro atoms. The van der Waals surface area contributed by atoms with E-state index in [1.807, 2.05) is 13.0 Å². The number of hydrogen-bond donors (Lipinski definition) is 4. The number of imidazole rings is 1. The Morgan fingerprint density at radius 2 is 1.86 bits per heavy atom. The highest BCUT2D eigenvalue weighted by molar-refractivity contribution is 7.79. The first-order valence-corrected chi connectivity index (χ1v) is 12.0. The molecule has 2 aromatic carbocycles. The van der Waals surface area contributed by atoms with E-state index in [2.05, 4.69) is 25.3 Å². The van der Waals surface area contributed by atoms with Crippen molar-refractivity contribution in [1.82, 2.24) is 19.9 Å². The van der Waals surface area contributed by atoms with Gasteiger partial charge >= 0.3 is 10.4 Å². The Labute approximate surface area is 203 Å². The molecular weight excluding hydrogens is 493 g/mol. The number of benzene rings is 2. The van der Waals surface area contributed by atoms with Crippen molar-refractivity contribution in [3.63, 3.8) is 0 Å². The first-order chi connectivity index (χ1) is 17.2. The van der Waals surface area contributed by atoms with Crippen LogP contribution in [0.1, 0.15) is 25.1 Å². The van der Waals surface area contributed by atoms with Gasteiger partial charge in [0.1, 0.15) is 29.0 Å². The molecule has 5 aromatic rings. The molecule has 36 heavy (non-hydrogen) atoms. The molecule has 0 radical (unpaired) electrons. The van der Waals surface area contributed by atoms with E-state index >= 15 is 0 Å². The van der Waals surface area contributed by atoms with Crippen LogP contribution >= 0.6 is 0 Å². The molecule has 3 heterocycles. The Balaban J connectivity index is 0.000000556. The summed E-state index contributed by atoms with van der Waals surface area (Å²) in [5, 5.41) is 3.78. The summed E-state index contributed by atoms with van der Waals surface area (Å²) in [5.41, 5.74) is 2.22. The van der Waals surface area contributed by atoms with Gasteiger partial charge in [0, 0.05) is 0 Å². The molecule has 0 bridgehead atoms. The van der Waals surface area contributed by atoms with Gasteiger partial charge in [-0.05, 0) is 36.2 Å². The number of nitrogens with zero attached hydrogens (tertiary/aromatic N) is 3. The normalized spacial score (nSPS) is 12.2. The molecule has 0 fully saturated rings. The molecule has 1 unspecified atom stereocenters. The average Bonchev–Trinajstić information content (AvgIpc) is 3.31. The van der Waals surface area contributed by atoms with Crippen LogP contribution in [0.4, 0.5) is 10.2 Å². The van der Waals surface area contributed by atoms with E-state index in [0.717, 1.165) is 0 Å². The molecule has 0 saturated carbocycles. The SMILES string of the molecule is CCC(Nc1ncnc2nc[nH]c12)c1oc2ccccc2c(=O)c1-c1cccc(F)c1.O=S(=O)(O)O. The highest BCUT2D eigenvalue weighted by atomic mass is 32.3. The number of aromatic amines is 1. The topological polar surface area (TPSA) is 171 Å². The Morgan fingerprint density at radius 3 is 2.58 bits per heavy atom. The second kappa shape index (κ2) is 10.2. The molecule has 0 aliphatic heterocycles. The number of para-hydroxylation sites is 1. The van der Waals surface area contributed by atoms with Crippen LogP contribution in [0.3, 0.4) is 0 Å². The Morgan fingerprint density at radius 1 is 1.11 bits per heavy atom. The van der Waals surface area contributed by atoms with E-state index < -0.39 is 22.3 Å². The summed E-state index contributed by atoms with van der Waals surface area (Å²) in [6.07, 6.45) is 3.55. The lowest BCUT2D eigenvalue weighted by Gasteiger charge is -2.20. The van der Waals surface area contributed by atoms with E-state index in [0.29, 0.717) is 51.3 Å². The summed E-state index contributed by atoms with van der Waals surface area (Å²) < 4.78 is 51.8. The third-order valence-electron chi connectivity index (χ3n) is 5.20. The summed E-state index contributed by atoms with van der Waals surface area (Å²) in [6.45, 7) is 1.97. The quantitative estimate of drug-likeness (QED) is 0.250. The van der Waals surface area contributed by atoms with E-state index in [1.54, 1.807) is 36.7 Å². The van der Waals surface area contributed by atoms with Gasteiger partial charge in [0.25, 0.3) is 0 Å². The van der Waals surface area contributed by atoms with Gasteiger partial charge in [0.2, 0.25) is 5.43 Å². The summed E-state index contributed by atoms with van der Waals surface area (Å²) in [5.74, 6) is 0.533. The summed E-state index contributed by atoms with van der Waals surface area (Å²) in [6, 6.07) is 12.6. The van der Waals surface area contributed by atoms with Crippen LogP contribution in [-0.4, -0.2) is 37.5 Å². The molecule has 0 amide bonds. The molecule has 13 heteroatoms. The van der Waals surface area contributed by atoms with Gasteiger partial charge in [-0.1, -0.05) is 31.2 Å². The zero-order chi connectivity index (χ0) is 25.9. The van der Waals surface area contributed by atoms with Crippen LogP contribution in [-0.2, 0) is 10.4 Å². The average molecular weight is 514 g/mol. The Bertz CT molecular complexity index is 1690. The predicted molar refractivity (Wildman–Crippen MR) is 130 cm³/mol. The number of anilines is 1. The fraction of sp³-hybridized carbons (Fsp3) is 0.130. The molecule has 0 aliphatic carbocycles. The lowest BCUT2D eigenvalue weighted by Crippen LogP contribution is -2.17. The van der Waals surface area contributed by atoms with Crippen molar-refractivity contribution in [3.05, 3.63) is 83.0 Å². The molecule has 5 rings (SSSR count). The smallest absolute Gasteiger partial charge is 0.394 e. The van der Waals surface area contributed by atoms with Gasteiger partial charge in [0.15, 0.2) is 11.5 Å². The zero-order valence-corrected chi connectivity index (χ0v) is 19.5. The summed E-state index contributed by atoms with van der Waals surface area (Å²) in [7, 11) is -4.67. The minimum Gasteiger partial charge on any atom is -0.458 e. The van der Waals surface area contributed by atoms with E-state index in [9.17, 15) is 9.18 Å². The number of rotatable bonds is 5. The number of fused-ring (bicyclic) bond motifs is 2. The highest BCUT2D eigenvalue weighted by Gasteiger charge is 2.24. The maximum absolute atomic E-state index is 14.0. The minimum atomic E-state index is -4.67. The first-order valence-electron chi connectivity index (χ1n) is 10.6. The highest BCUT2D eigenvalue weighted by Crippen LogP contribution is 2.33. The van der Waals surface area contributed by atoms with Gasteiger partial charge in [-0.2, -0.15) is 8.42 Å². The zero-order valence-electron chi connectivity index (χ0n) is 18.7. The van der Waals surface area contributed by atoms with Crippen LogP contribution in [0.2, 0.25) is 0 Å². The number of halogens is 1. The maximum Gasteiger partial charge on any atom is 0.394 e. The second-order valence-electron chi connectivity index (χ2n) is 7.55. The summed E-state index contributed by atoms with van der Waals surface area (Å²) in [4.78, 5) is 29.1. The van der Waals surface area contributed by atoms with Crippen LogP contribution in [0, 0.1) is 5.82 Å². The van der Waals surface area contributed by atoms with E-state index in [4.69, 9.17) is 21.9 Å². The van der Waals surface area contributed by atoms with Crippen molar-refractivity contribution in [2.24, 2.45) is 0 Å². The van der Waals surface area contributed by atoms with Crippen molar-refractivity contribution in [2.75, 3.05) is 5.32 Å². The van der Waals surface area contributed by atoms with Gasteiger partial charge in [-0.25, -0.2) is 19.3 Å². The third kappa shape index (κ3) is 5.54. The predicted octanol–water partition coefficient (Wildman–Crippen LogP) is 4.18. The van der Waals surface area contributed by atoms with Gasteiger partial charge in [-0.3, -0.25) is 13.9 Å². The first kappa shape index (κ1) is 24.9. The number of H-pyrrole nitrogens is 1. The van der Waals surface area contributed by atoms with Crippen LogP contribution < -0.4 is 10.7 Å². The number of hydrogen-bond acceptors (Lipinski definition) is 8. The van der Waals surface area contributed by atoms with Crippen molar-refractivity contribution >= 4 is 38.3 Å². The standard InChI is InChI=1S/C23H18FN5O2.H2O4S/c1-2-16(29-23-19-22(26-11-25-19)27-12-28-23)21-18(13-6-5-7-14(24)10-13)20(30)15-8-3-4-9-17(15)31-21;1-5(2,3)4/h3-12,16H,2H2,1H3,(H2,25,26,27,28,29);(H2,1,2,3,4).